The van der Waals surface area contributed by atoms with Crippen molar-refractivity contribution < 1.29 is 29.3 Å². The van der Waals surface area contributed by atoms with Crippen LogP contribution in [0.5, 0.6) is 0 Å². The number of aliphatic hydroxyl groups excluding tert-OH is 1. The fourth-order valence-electron chi connectivity index (χ4n) is 15.7. The number of carboxylic acid groups (broad SMARTS) is 1. The minimum atomic E-state index is -0.816. The number of benzene rings is 1. The van der Waals surface area contributed by atoms with Gasteiger partial charge < -0.3 is 25.2 Å². The third kappa shape index (κ3) is 6.68. The third-order valence-corrected chi connectivity index (χ3v) is 19.5. The standard InChI is InChI=1S/C51H76N2O6/c1-31(2)42-38(55)29-51(24-25-52-30-32-10-12-33(13-11-32)53-26-18-34(54)19-27-53)23-22-49(8)35(43(42)51)14-15-40-48(7)20-17-41(47(5,6)39(48)16-21-50(40,49)9)59-45(58)37-28-36(44(56)57)46(37,3)4/h10-13,31,34-37,39-41,52,54H,14-30H2,1-9H3,(H,56,57)/t35-,36+,37-,39+,40-,41+,48+,49-,50-,51-/m1/s1. The number of carboxylic acids is 1. The summed E-state index contributed by atoms with van der Waals surface area (Å²) in [6, 6.07) is 8.93. The fraction of sp³-hybridized carbons (Fsp3) is 0.784. The summed E-state index contributed by atoms with van der Waals surface area (Å²) >= 11 is 0. The number of hydrogen-bond donors (Lipinski definition) is 3. The van der Waals surface area contributed by atoms with Crippen molar-refractivity contribution in [2.45, 2.75) is 165 Å². The van der Waals surface area contributed by atoms with Crippen LogP contribution in [0.25, 0.3) is 0 Å². The minimum absolute atomic E-state index is 0.0513. The number of nitrogens with zero attached hydrogens (tertiary/aromatic N) is 1. The van der Waals surface area contributed by atoms with Gasteiger partial charge in [-0.25, -0.2) is 0 Å². The Bertz CT molecular complexity index is 1840. The van der Waals surface area contributed by atoms with Gasteiger partial charge in [0.1, 0.15) is 6.10 Å². The van der Waals surface area contributed by atoms with Crippen molar-refractivity contribution in [2.24, 2.45) is 68.0 Å². The van der Waals surface area contributed by atoms with Crippen LogP contribution in [0.2, 0.25) is 0 Å². The van der Waals surface area contributed by atoms with E-state index in [-0.39, 0.29) is 57.1 Å². The molecule has 59 heavy (non-hydrogen) atoms. The molecule has 6 aliphatic carbocycles. The van der Waals surface area contributed by atoms with Crippen LogP contribution in [0.15, 0.2) is 35.4 Å². The van der Waals surface area contributed by atoms with Crippen LogP contribution in [0.1, 0.15) is 151 Å². The van der Waals surface area contributed by atoms with Gasteiger partial charge in [0.05, 0.1) is 17.9 Å². The zero-order valence-electron chi connectivity index (χ0n) is 37.9. The maximum absolute atomic E-state index is 14.2. The SMILES string of the molecule is CC(C)C1=C2[C@H]3CC[C@@H]4[C@@]5(C)CC[C@H](OC(=O)[C@H]6C[C@@H](C(=O)O)C6(C)C)C(C)(C)[C@@H]5CC[C@@]4(C)[C@]3(C)CC[C@@]2(CCNCc2ccc(N3CCC(O)CC3)cc2)CC1=O. The number of esters is 1. The molecule has 0 bridgehead atoms. The first kappa shape index (κ1) is 43.0. The van der Waals surface area contributed by atoms with Crippen LogP contribution in [0.4, 0.5) is 5.69 Å². The average molecular weight is 813 g/mol. The van der Waals surface area contributed by atoms with Gasteiger partial charge in [0.25, 0.3) is 0 Å². The van der Waals surface area contributed by atoms with Gasteiger partial charge in [-0.05, 0) is 152 Å². The number of aliphatic carboxylic acids is 1. The Balaban J connectivity index is 0.967. The van der Waals surface area contributed by atoms with Crippen LogP contribution >= 0.6 is 0 Å². The first-order valence-corrected chi connectivity index (χ1v) is 23.6. The Kier molecular flexibility index (Phi) is 10.9. The van der Waals surface area contributed by atoms with E-state index in [9.17, 15) is 24.6 Å². The molecule has 1 heterocycles. The molecule has 10 atom stereocenters. The summed E-state index contributed by atoms with van der Waals surface area (Å²) in [7, 11) is 0. The zero-order valence-corrected chi connectivity index (χ0v) is 37.9. The number of carbonyl (C=O) groups is 3. The maximum Gasteiger partial charge on any atom is 0.309 e. The Hall–Kier alpha value is -2.71. The summed E-state index contributed by atoms with van der Waals surface area (Å²) in [5.41, 5.74) is 4.80. The van der Waals surface area contributed by atoms with Crippen molar-refractivity contribution in [1.82, 2.24) is 5.32 Å². The highest BCUT2D eigenvalue weighted by atomic mass is 16.5. The highest BCUT2D eigenvalue weighted by Gasteiger charge is 2.70. The van der Waals surface area contributed by atoms with Gasteiger partial charge in [0.15, 0.2) is 5.78 Å². The monoisotopic (exact) mass is 813 g/mol. The average Bonchev–Trinajstić information content (AvgIpc) is 3.47. The number of rotatable bonds is 10. The summed E-state index contributed by atoms with van der Waals surface area (Å²) < 4.78 is 6.45. The predicted octanol–water partition coefficient (Wildman–Crippen LogP) is 9.77. The second kappa shape index (κ2) is 15.0. The Morgan fingerprint density at radius 1 is 0.831 bits per heavy atom. The van der Waals surface area contributed by atoms with Crippen molar-refractivity contribution in [1.29, 1.82) is 0 Å². The van der Waals surface area contributed by atoms with E-state index in [1.807, 2.05) is 13.8 Å². The number of allylic oxidation sites excluding steroid dienone is 2. The number of fused-ring (bicyclic) bond motifs is 7. The van der Waals surface area contributed by atoms with Gasteiger partial charge in [-0.3, -0.25) is 14.4 Å². The molecule has 1 aliphatic heterocycles. The van der Waals surface area contributed by atoms with E-state index in [4.69, 9.17) is 4.74 Å². The predicted molar refractivity (Wildman–Crippen MR) is 233 cm³/mol. The van der Waals surface area contributed by atoms with Gasteiger partial charge in [0, 0.05) is 42.6 Å². The van der Waals surface area contributed by atoms with Crippen LogP contribution in [0.3, 0.4) is 0 Å². The lowest BCUT2D eigenvalue weighted by Gasteiger charge is -2.72. The number of ether oxygens (including phenoxy) is 1. The van der Waals surface area contributed by atoms with E-state index in [2.05, 4.69) is 82.9 Å². The van der Waals surface area contributed by atoms with Gasteiger partial charge in [0.2, 0.25) is 0 Å². The summed E-state index contributed by atoms with van der Waals surface area (Å²) in [5.74, 6) is 0.184. The van der Waals surface area contributed by atoms with Crippen molar-refractivity contribution in [3.8, 4) is 0 Å². The van der Waals surface area contributed by atoms with Crippen molar-refractivity contribution in [3.05, 3.63) is 41.0 Å². The van der Waals surface area contributed by atoms with E-state index in [1.165, 1.54) is 24.1 Å². The smallest absolute Gasteiger partial charge is 0.309 e. The number of piperidine rings is 1. The topological polar surface area (TPSA) is 116 Å². The van der Waals surface area contributed by atoms with Crippen molar-refractivity contribution in [3.63, 3.8) is 0 Å². The molecular weight excluding hydrogens is 737 g/mol. The zero-order chi connectivity index (χ0) is 42.5. The van der Waals surface area contributed by atoms with Gasteiger partial charge >= 0.3 is 11.9 Å². The highest BCUT2D eigenvalue weighted by molar-refractivity contribution is 6.00. The maximum atomic E-state index is 14.2. The molecule has 6 fully saturated rings. The minimum Gasteiger partial charge on any atom is -0.481 e. The summed E-state index contributed by atoms with van der Waals surface area (Å²) in [5, 5.41) is 23.4. The molecule has 5 saturated carbocycles. The number of Topliss-reactive ketones (excluding diaryl/α,β-unsaturated/α-hetero) is 1. The molecule has 1 aromatic carbocycles. The summed E-state index contributed by atoms with van der Waals surface area (Å²) in [6.45, 7) is 24.4. The molecule has 0 unspecified atom stereocenters. The van der Waals surface area contributed by atoms with E-state index in [0.717, 1.165) is 89.5 Å². The molecule has 8 rings (SSSR count). The Morgan fingerprint density at radius 2 is 1.53 bits per heavy atom. The Labute approximate surface area is 355 Å². The second-order valence-corrected chi connectivity index (χ2v) is 23.1. The lowest BCUT2D eigenvalue weighted by atomic mass is 9.33. The molecule has 3 N–H and O–H groups in total. The first-order chi connectivity index (χ1) is 27.7. The molecule has 0 radical (unpaired) electrons. The molecule has 0 spiro atoms. The highest BCUT2D eigenvalue weighted by Crippen LogP contribution is 2.77. The van der Waals surface area contributed by atoms with Crippen LogP contribution in [0, 0.1) is 68.0 Å². The number of hydrogen-bond acceptors (Lipinski definition) is 7. The molecule has 1 saturated heterocycles. The van der Waals surface area contributed by atoms with Crippen molar-refractivity contribution >= 4 is 23.4 Å². The number of aliphatic hydroxyl groups is 1. The summed E-state index contributed by atoms with van der Waals surface area (Å²) in [4.78, 5) is 42.0. The fourth-order valence-corrected chi connectivity index (χ4v) is 15.7. The molecule has 7 aliphatic rings. The van der Waals surface area contributed by atoms with Crippen LogP contribution in [-0.4, -0.2) is 59.8 Å². The lowest BCUT2D eigenvalue weighted by Crippen LogP contribution is -2.66. The first-order valence-electron chi connectivity index (χ1n) is 23.6. The van der Waals surface area contributed by atoms with Crippen LogP contribution in [-0.2, 0) is 25.7 Å². The number of anilines is 1. The number of carbonyl (C=O) groups excluding carboxylic acids is 2. The Morgan fingerprint density at radius 3 is 2.17 bits per heavy atom. The quantitative estimate of drug-likeness (QED) is 0.158. The largest absolute Gasteiger partial charge is 0.481 e. The van der Waals surface area contributed by atoms with E-state index in [0.29, 0.717) is 36.4 Å². The molecule has 0 amide bonds. The molecule has 8 heteroatoms. The molecule has 8 nitrogen and oxygen atoms in total. The normalized spacial score (nSPS) is 40.1. The van der Waals surface area contributed by atoms with E-state index in [1.54, 1.807) is 5.57 Å². The van der Waals surface area contributed by atoms with E-state index < -0.39 is 17.3 Å². The van der Waals surface area contributed by atoms with Gasteiger partial charge in [-0.1, -0.05) is 80.0 Å². The molecule has 326 valence electrons. The molecular formula is C51H76N2O6. The van der Waals surface area contributed by atoms with E-state index >= 15 is 0 Å². The van der Waals surface area contributed by atoms with Gasteiger partial charge in [-0.15, -0.1) is 0 Å². The van der Waals surface area contributed by atoms with Gasteiger partial charge in [-0.2, -0.15) is 0 Å². The van der Waals surface area contributed by atoms with Crippen molar-refractivity contribution in [2.75, 3.05) is 24.5 Å². The third-order valence-electron chi connectivity index (χ3n) is 19.5. The molecule has 0 aromatic heterocycles. The number of nitrogens with one attached hydrogen (secondary N) is 1. The molecule has 1 aromatic rings. The summed E-state index contributed by atoms with van der Waals surface area (Å²) in [6.07, 6.45) is 12.2. The second-order valence-electron chi connectivity index (χ2n) is 23.1. The lowest BCUT2D eigenvalue weighted by molar-refractivity contribution is -0.236. The van der Waals surface area contributed by atoms with Crippen LogP contribution < -0.4 is 10.2 Å². The number of ketones is 1.